The molecule has 176 valence electrons. The summed E-state index contributed by atoms with van der Waals surface area (Å²) >= 11 is 0. The minimum Gasteiger partial charge on any atom is -0.508 e. The normalized spacial score (nSPS) is 12.4. The number of ether oxygens (including phenoxy) is 1. The summed E-state index contributed by atoms with van der Waals surface area (Å²) in [7, 11) is 0. The summed E-state index contributed by atoms with van der Waals surface area (Å²) in [4.78, 5) is 39.8. The Kier molecular flexibility index (Phi) is 12.2. The minimum absolute atomic E-state index is 0.102. The van der Waals surface area contributed by atoms with Crippen LogP contribution in [0.4, 0.5) is 0 Å². The number of nitrogens with one attached hydrogen (secondary N) is 3. The monoisotopic (exact) mass is 448 g/mol. The Balaban J connectivity index is 2.72. The Morgan fingerprint density at radius 1 is 1.09 bits per heavy atom. The Morgan fingerprint density at radius 3 is 2.38 bits per heavy atom. The van der Waals surface area contributed by atoms with Gasteiger partial charge in [-0.25, -0.2) is 0 Å². The molecule has 1 rings (SSSR count). The second kappa shape index (κ2) is 14.7. The number of phenols is 1. The second-order valence-corrected chi connectivity index (χ2v) is 7.67. The Bertz CT molecular complexity index is 792. The van der Waals surface area contributed by atoms with Crippen molar-refractivity contribution in [3.63, 3.8) is 0 Å². The van der Waals surface area contributed by atoms with E-state index >= 15 is 0 Å². The molecule has 1 aromatic rings. The van der Waals surface area contributed by atoms with Crippen LogP contribution in [-0.4, -0.2) is 61.2 Å². The predicted octanol–water partition coefficient (Wildman–Crippen LogP) is 1.41. The number of benzene rings is 1. The summed E-state index contributed by atoms with van der Waals surface area (Å²) in [5.74, 6) is -0.949. The molecule has 0 saturated heterocycles. The number of carbonyl (C=O) groups is 3. The van der Waals surface area contributed by atoms with E-state index in [9.17, 15) is 19.5 Å². The third kappa shape index (κ3) is 11.2. The SMILES string of the molecule is CC(=O)N[C@@H](Cc1ccc(O)cc1)C(=O)N[C@H](CC(C)C)C(=O)NCCOCCN=[N+]=[N-]. The van der Waals surface area contributed by atoms with Crippen LogP contribution in [0.3, 0.4) is 0 Å². The molecule has 0 aromatic heterocycles. The van der Waals surface area contributed by atoms with Crippen molar-refractivity contribution in [1.29, 1.82) is 0 Å². The van der Waals surface area contributed by atoms with Gasteiger partial charge in [0.2, 0.25) is 17.7 Å². The maximum Gasteiger partial charge on any atom is 0.243 e. The Hall–Kier alpha value is -3.30. The van der Waals surface area contributed by atoms with Gasteiger partial charge in [-0.3, -0.25) is 14.4 Å². The largest absolute Gasteiger partial charge is 0.508 e. The summed E-state index contributed by atoms with van der Waals surface area (Å²) in [6.07, 6.45) is 0.627. The third-order valence-corrected chi connectivity index (χ3v) is 4.35. The molecule has 4 N–H and O–H groups in total. The average molecular weight is 449 g/mol. The highest BCUT2D eigenvalue weighted by Gasteiger charge is 2.27. The van der Waals surface area contributed by atoms with E-state index in [1.54, 1.807) is 12.1 Å². The van der Waals surface area contributed by atoms with E-state index in [1.807, 2.05) is 13.8 Å². The van der Waals surface area contributed by atoms with Gasteiger partial charge < -0.3 is 25.8 Å². The highest BCUT2D eigenvalue weighted by Crippen LogP contribution is 2.12. The van der Waals surface area contributed by atoms with E-state index in [0.29, 0.717) is 6.42 Å². The highest BCUT2D eigenvalue weighted by molar-refractivity contribution is 5.91. The quantitative estimate of drug-likeness (QED) is 0.146. The fourth-order valence-corrected chi connectivity index (χ4v) is 2.92. The van der Waals surface area contributed by atoms with Gasteiger partial charge in [0.25, 0.3) is 0 Å². The first-order valence-corrected chi connectivity index (χ1v) is 10.4. The van der Waals surface area contributed by atoms with Gasteiger partial charge in [-0.05, 0) is 35.6 Å². The molecule has 0 aliphatic rings. The van der Waals surface area contributed by atoms with Crippen LogP contribution in [0.1, 0.15) is 32.8 Å². The zero-order chi connectivity index (χ0) is 23.9. The van der Waals surface area contributed by atoms with E-state index in [2.05, 4.69) is 26.0 Å². The zero-order valence-electron chi connectivity index (χ0n) is 18.7. The molecule has 0 aliphatic carbocycles. The fourth-order valence-electron chi connectivity index (χ4n) is 2.92. The Labute approximate surface area is 187 Å². The van der Waals surface area contributed by atoms with Crippen LogP contribution in [0, 0.1) is 5.92 Å². The van der Waals surface area contributed by atoms with Crippen molar-refractivity contribution in [2.45, 2.75) is 45.7 Å². The first kappa shape index (κ1) is 26.7. The second-order valence-electron chi connectivity index (χ2n) is 7.67. The lowest BCUT2D eigenvalue weighted by atomic mass is 10.0. The number of amides is 3. The van der Waals surface area contributed by atoms with Crippen LogP contribution in [0.25, 0.3) is 10.4 Å². The molecular formula is C21H32N6O5. The molecule has 0 unspecified atom stereocenters. The van der Waals surface area contributed by atoms with Crippen LogP contribution in [0.5, 0.6) is 5.75 Å². The van der Waals surface area contributed by atoms with Gasteiger partial charge >= 0.3 is 0 Å². The smallest absolute Gasteiger partial charge is 0.243 e. The number of aromatic hydroxyl groups is 1. The van der Waals surface area contributed by atoms with Crippen molar-refractivity contribution >= 4 is 17.7 Å². The van der Waals surface area contributed by atoms with E-state index in [1.165, 1.54) is 19.1 Å². The van der Waals surface area contributed by atoms with Gasteiger partial charge in [-0.1, -0.05) is 31.1 Å². The predicted molar refractivity (Wildman–Crippen MR) is 119 cm³/mol. The lowest BCUT2D eigenvalue weighted by Crippen LogP contribution is -2.54. The number of nitrogens with zero attached hydrogens (tertiary/aromatic N) is 3. The van der Waals surface area contributed by atoms with E-state index in [4.69, 9.17) is 10.3 Å². The number of carbonyl (C=O) groups excluding carboxylic acids is 3. The highest BCUT2D eigenvalue weighted by atomic mass is 16.5. The Morgan fingerprint density at radius 2 is 1.78 bits per heavy atom. The standard InChI is InChI=1S/C21H32N6O5/c1-14(2)12-18(20(30)23-8-10-32-11-9-24-27-22)26-21(31)19(25-15(3)28)13-16-4-6-17(29)7-5-16/h4-7,14,18-19,29H,8-13H2,1-3H3,(H,23,30)(H,25,28)(H,26,31)/t18-,19+/m1/s1. The van der Waals surface area contributed by atoms with Crippen LogP contribution >= 0.6 is 0 Å². The molecule has 0 spiro atoms. The van der Waals surface area contributed by atoms with Crippen LogP contribution in [0.2, 0.25) is 0 Å². The van der Waals surface area contributed by atoms with Gasteiger partial charge in [0.05, 0.1) is 13.2 Å². The summed E-state index contributed by atoms with van der Waals surface area (Å²) in [5, 5.41) is 20.9. The van der Waals surface area contributed by atoms with Gasteiger partial charge in [0.15, 0.2) is 0 Å². The summed E-state index contributed by atoms with van der Waals surface area (Å²) in [6, 6.07) is 4.68. The van der Waals surface area contributed by atoms with Crippen molar-refractivity contribution in [2.24, 2.45) is 11.0 Å². The van der Waals surface area contributed by atoms with Crippen LogP contribution < -0.4 is 16.0 Å². The molecule has 0 radical (unpaired) electrons. The van der Waals surface area contributed by atoms with Crippen molar-refractivity contribution in [3.05, 3.63) is 40.3 Å². The number of hydrogen-bond donors (Lipinski definition) is 4. The molecule has 0 saturated carbocycles. The topological polar surface area (TPSA) is 166 Å². The molecule has 0 heterocycles. The van der Waals surface area contributed by atoms with Crippen LogP contribution in [0.15, 0.2) is 29.4 Å². The lowest BCUT2D eigenvalue weighted by molar-refractivity contribution is -0.132. The first-order chi connectivity index (χ1) is 15.2. The average Bonchev–Trinajstić information content (AvgIpc) is 2.72. The number of azide groups is 1. The number of hydrogen-bond acceptors (Lipinski definition) is 6. The fraction of sp³-hybridized carbons (Fsp3) is 0.571. The number of rotatable bonds is 14. The van der Waals surface area contributed by atoms with Crippen LogP contribution in [-0.2, 0) is 25.5 Å². The molecule has 1 aromatic carbocycles. The summed E-state index contributed by atoms with van der Waals surface area (Å²) in [5.41, 5.74) is 8.96. The van der Waals surface area contributed by atoms with Crippen molar-refractivity contribution in [3.8, 4) is 5.75 Å². The number of phenolic OH excluding ortho intramolecular Hbond substituents is 1. The van der Waals surface area contributed by atoms with Gasteiger partial charge in [-0.15, -0.1) is 0 Å². The molecule has 11 nitrogen and oxygen atoms in total. The molecule has 0 aliphatic heterocycles. The third-order valence-electron chi connectivity index (χ3n) is 4.35. The van der Waals surface area contributed by atoms with E-state index < -0.39 is 18.0 Å². The molecule has 3 amide bonds. The van der Waals surface area contributed by atoms with Gasteiger partial charge in [0.1, 0.15) is 17.8 Å². The molecule has 2 atom stereocenters. The maximum atomic E-state index is 12.9. The molecular weight excluding hydrogens is 416 g/mol. The maximum absolute atomic E-state index is 12.9. The molecule has 0 bridgehead atoms. The van der Waals surface area contributed by atoms with Crippen molar-refractivity contribution in [2.75, 3.05) is 26.3 Å². The zero-order valence-corrected chi connectivity index (χ0v) is 18.7. The van der Waals surface area contributed by atoms with Crippen molar-refractivity contribution < 1.29 is 24.2 Å². The first-order valence-electron chi connectivity index (χ1n) is 10.4. The molecule has 32 heavy (non-hydrogen) atoms. The van der Waals surface area contributed by atoms with E-state index in [0.717, 1.165) is 5.56 Å². The van der Waals surface area contributed by atoms with Crippen molar-refractivity contribution in [1.82, 2.24) is 16.0 Å². The van der Waals surface area contributed by atoms with Gasteiger partial charge in [-0.2, -0.15) is 0 Å². The van der Waals surface area contributed by atoms with E-state index in [-0.39, 0.29) is 56.2 Å². The lowest BCUT2D eigenvalue weighted by Gasteiger charge is -2.24. The minimum atomic E-state index is -0.872. The summed E-state index contributed by atoms with van der Waals surface area (Å²) < 4.78 is 5.25. The molecule has 0 fully saturated rings. The molecule has 11 heteroatoms. The summed E-state index contributed by atoms with van der Waals surface area (Å²) in [6.45, 7) is 6.13. The van der Waals surface area contributed by atoms with Gasteiger partial charge in [0, 0.05) is 31.3 Å².